The first-order valence-electron chi connectivity index (χ1n) is 5.78. The number of hydrogen-bond donors (Lipinski definition) is 1. The van der Waals surface area contributed by atoms with Gasteiger partial charge in [0.15, 0.2) is 0 Å². The maximum absolute atomic E-state index is 10.0. The summed E-state index contributed by atoms with van der Waals surface area (Å²) in [5.41, 5.74) is 0.893. The summed E-state index contributed by atoms with van der Waals surface area (Å²) in [4.78, 5) is 0. The fraction of sp³-hybridized carbons (Fsp3) is 0.538. The Bertz CT molecular complexity index is 328. The largest absolute Gasteiger partial charge is 0.388 e. The van der Waals surface area contributed by atoms with Crippen molar-refractivity contribution in [2.45, 2.75) is 45.1 Å². The molecule has 3 heteroatoms. The van der Waals surface area contributed by atoms with Crippen molar-refractivity contribution >= 4 is 27.5 Å². The lowest BCUT2D eigenvalue weighted by Gasteiger charge is -2.13. The molecule has 1 aromatic rings. The molecule has 0 aliphatic rings. The zero-order chi connectivity index (χ0) is 12.0. The minimum atomic E-state index is -0.412. The van der Waals surface area contributed by atoms with Crippen LogP contribution in [0.25, 0.3) is 0 Å². The second kappa shape index (κ2) is 7.31. The molecule has 0 saturated carbocycles. The van der Waals surface area contributed by atoms with Crippen LogP contribution in [0.3, 0.4) is 0 Å². The van der Waals surface area contributed by atoms with E-state index < -0.39 is 6.10 Å². The van der Waals surface area contributed by atoms with Crippen molar-refractivity contribution in [3.8, 4) is 0 Å². The first-order valence-corrected chi connectivity index (χ1v) is 6.95. The average molecular weight is 306 g/mol. The van der Waals surface area contributed by atoms with Crippen LogP contribution in [0.2, 0.25) is 5.02 Å². The Labute approximate surface area is 111 Å². The van der Waals surface area contributed by atoms with Gasteiger partial charge in [0.1, 0.15) is 0 Å². The van der Waals surface area contributed by atoms with Gasteiger partial charge in [-0.25, -0.2) is 0 Å². The van der Waals surface area contributed by atoms with E-state index in [2.05, 4.69) is 22.9 Å². The van der Waals surface area contributed by atoms with E-state index >= 15 is 0 Å². The number of unbranched alkanes of at least 4 members (excludes halogenated alkanes) is 3. The summed E-state index contributed by atoms with van der Waals surface area (Å²) in [5.74, 6) is 0. The van der Waals surface area contributed by atoms with E-state index in [9.17, 15) is 5.11 Å². The van der Waals surface area contributed by atoms with Gasteiger partial charge in [0, 0.05) is 9.50 Å². The summed E-state index contributed by atoms with van der Waals surface area (Å²) in [5, 5.41) is 10.7. The second-order valence-electron chi connectivity index (χ2n) is 4.03. The lowest BCUT2D eigenvalue weighted by Crippen LogP contribution is -1.98. The van der Waals surface area contributed by atoms with E-state index in [0.29, 0.717) is 5.02 Å². The topological polar surface area (TPSA) is 20.2 Å². The fourth-order valence-corrected chi connectivity index (χ4v) is 2.38. The SMILES string of the molecule is CCCCCCC(O)c1cc(Cl)ccc1Br. The first-order chi connectivity index (χ1) is 7.65. The van der Waals surface area contributed by atoms with Crippen molar-refractivity contribution in [1.29, 1.82) is 0 Å². The van der Waals surface area contributed by atoms with E-state index in [1.54, 1.807) is 0 Å². The molecule has 0 bridgehead atoms. The van der Waals surface area contributed by atoms with Crippen LogP contribution in [0.15, 0.2) is 22.7 Å². The summed E-state index contributed by atoms with van der Waals surface area (Å²) in [6.07, 6.45) is 5.10. The molecule has 0 heterocycles. The Kier molecular flexibility index (Phi) is 6.40. The molecule has 1 aromatic carbocycles. The molecule has 90 valence electrons. The van der Waals surface area contributed by atoms with E-state index in [4.69, 9.17) is 11.6 Å². The van der Waals surface area contributed by atoms with Crippen LogP contribution in [0.1, 0.15) is 50.7 Å². The molecular weight excluding hydrogens is 287 g/mol. The van der Waals surface area contributed by atoms with Gasteiger partial charge in [-0.3, -0.25) is 0 Å². The third-order valence-electron chi connectivity index (χ3n) is 2.65. The molecule has 0 spiro atoms. The van der Waals surface area contributed by atoms with E-state index in [1.807, 2.05) is 18.2 Å². The molecule has 0 aliphatic heterocycles. The number of benzene rings is 1. The molecule has 16 heavy (non-hydrogen) atoms. The summed E-state index contributed by atoms with van der Waals surface area (Å²) < 4.78 is 0.930. The summed E-state index contributed by atoms with van der Waals surface area (Å²) in [6, 6.07) is 5.53. The highest BCUT2D eigenvalue weighted by atomic mass is 79.9. The Morgan fingerprint density at radius 1 is 1.31 bits per heavy atom. The van der Waals surface area contributed by atoms with Gasteiger partial charge >= 0.3 is 0 Å². The Morgan fingerprint density at radius 3 is 2.75 bits per heavy atom. The first kappa shape index (κ1) is 14.0. The zero-order valence-electron chi connectivity index (χ0n) is 9.55. The Balaban J connectivity index is 2.51. The van der Waals surface area contributed by atoms with Crippen LogP contribution in [0.4, 0.5) is 0 Å². The zero-order valence-corrected chi connectivity index (χ0v) is 11.9. The van der Waals surface area contributed by atoms with E-state index in [0.717, 1.165) is 22.9 Å². The molecule has 0 saturated heterocycles. The predicted octanol–water partition coefficient (Wildman–Crippen LogP) is 5.11. The minimum Gasteiger partial charge on any atom is -0.388 e. The maximum Gasteiger partial charge on any atom is 0.0801 e. The van der Waals surface area contributed by atoms with Crippen LogP contribution in [-0.4, -0.2) is 5.11 Å². The van der Waals surface area contributed by atoms with Gasteiger partial charge in [0.05, 0.1) is 6.10 Å². The normalized spacial score (nSPS) is 12.8. The number of hydrogen-bond acceptors (Lipinski definition) is 1. The highest BCUT2D eigenvalue weighted by molar-refractivity contribution is 9.10. The lowest BCUT2D eigenvalue weighted by molar-refractivity contribution is 0.162. The van der Waals surface area contributed by atoms with Crippen molar-refractivity contribution in [1.82, 2.24) is 0 Å². The molecule has 1 unspecified atom stereocenters. The van der Waals surface area contributed by atoms with Crippen LogP contribution >= 0.6 is 27.5 Å². The number of halogens is 2. The summed E-state index contributed by atoms with van der Waals surface area (Å²) >= 11 is 9.35. The Hall–Kier alpha value is -0.0500. The van der Waals surface area contributed by atoms with Gasteiger partial charge in [-0.1, -0.05) is 60.1 Å². The highest BCUT2D eigenvalue weighted by Gasteiger charge is 2.11. The van der Waals surface area contributed by atoms with E-state index in [1.165, 1.54) is 19.3 Å². The van der Waals surface area contributed by atoms with Gasteiger partial charge in [-0.2, -0.15) is 0 Å². The average Bonchev–Trinajstić information content (AvgIpc) is 2.27. The molecule has 1 atom stereocenters. The molecule has 1 nitrogen and oxygen atoms in total. The standard InChI is InChI=1S/C13H18BrClO/c1-2-3-4-5-6-13(16)11-9-10(15)7-8-12(11)14/h7-9,13,16H,2-6H2,1H3. The van der Waals surface area contributed by atoms with Crippen molar-refractivity contribution in [3.05, 3.63) is 33.3 Å². The molecule has 1 rings (SSSR count). The van der Waals surface area contributed by atoms with Crippen molar-refractivity contribution < 1.29 is 5.11 Å². The monoisotopic (exact) mass is 304 g/mol. The van der Waals surface area contributed by atoms with Gasteiger partial charge < -0.3 is 5.11 Å². The van der Waals surface area contributed by atoms with Crippen LogP contribution in [-0.2, 0) is 0 Å². The number of aliphatic hydroxyl groups excluding tert-OH is 1. The summed E-state index contributed by atoms with van der Waals surface area (Å²) in [7, 11) is 0. The maximum atomic E-state index is 10.0. The minimum absolute atomic E-state index is 0.412. The smallest absolute Gasteiger partial charge is 0.0801 e. The van der Waals surface area contributed by atoms with E-state index in [-0.39, 0.29) is 0 Å². The van der Waals surface area contributed by atoms with Crippen LogP contribution < -0.4 is 0 Å². The number of aliphatic hydroxyl groups is 1. The number of rotatable bonds is 6. The molecule has 0 aliphatic carbocycles. The highest BCUT2D eigenvalue weighted by Crippen LogP contribution is 2.29. The fourth-order valence-electron chi connectivity index (χ4n) is 1.69. The van der Waals surface area contributed by atoms with Gasteiger partial charge in [0.2, 0.25) is 0 Å². The van der Waals surface area contributed by atoms with Crippen LogP contribution in [0, 0.1) is 0 Å². The van der Waals surface area contributed by atoms with Gasteiger partial charge in [-0.15, -0.1) is 0 Å². The van der Waals surface area contributed by atoms with Crippen molar-refractivity contribution in [2.75, 3.05) is 0 Å². The molecule has 1 N–H and O–H groups in total. The molecule has 0 amide bonds. The second-order valence-corrected chi connectivity index (χ2v) is 5.32. The third kappa shape index (κ3) is 4.44. The molecule has 0 aromatic heterocycles. The van der Waals surface area contributed by atoms with Crippen molar-refractivity contribution in [2.24, 2.45) is 0 Å². The molecule has 0 fully saturated rings. The molecular formula is C13H18BrClO. The third-order valence-corrected chi connectivity index (χ3v) is 3.61. The predicted molar refractivity (Wildman–Crippen MR) is 72.9 cm³/mol. The van der Waals surface area contributed by atoms with Crippen LogP contribution in [0.5, 0.6) is 0 Å². The Morgan fingerprint density at radius 2 is 2.06 bits per heavy atom. The lowest BCUT2D eigenvalue weighted by atomic mass is 10.0. The summed E-state index contributed by atoms with van der Waals surface area (Å²) in [6.45, 7) is 2.18. The van der Waals surface area contributed by atoms with Crippen molar-refractivity contribution in [3.63, 3.8) is 0 Å². The molecule has 0 radical (unpaired) electrons. The van der Waals surface area contributed by atoms with Gasteiger partial charge in [0.25, 0.3) is 0 Å². The van der Waals surface area contributed by atoms with Gasteiger partial charge in [-0.05, 0) is 30.2 Å². The quantitative estimate of drug-likeness (QED) is 0.724.